The number of aromatic nitrogens is 1. The number of ether oxygens (including phenoxy) is 2. The van der Waals surface area contributed by atoms with Gasteiger partial charge in [0.05, 0.1) is 13.2 Å². The van der Waals surface area contributed by atoms with Crippen LogP contribution in [0.2, 0.25) is 0 Å². The third-order valence-electron chi connectivity index (χ3n) is 9.93. The van der Waals surface area contributed by atoms with Gasteiger partial charge in [0.2, 0.25) is 11.8 Å². The van der Waals surface area contributed by atoms with E-state index in [-0.39, 0.29) is 29.6 Å². The Kier molecular flexibility index (Phi) is 10.3. The van der Waals surface area contributed by atoms with Gasteiger partial charge >= 0.3 is 5.97 Å². The molecule has 46 heavy (non-hydrogen) atoms. The molecule has 0 spiro atoms. The molecule has 1 saturated carbocycles. The maximum absolute atomic E-state index is 14.0. The van der Waals surface area contributed by atoms with Crippen molar-refractivity contribution in [2.75, 3.05) is 58.0 Å². The molecule has 0 unspecified atom stereocenters. The van der Waals surface area contributed by atoms with E-state index in [0.29, 0.717) is 76.4 Å². The van der Waals surface area contributed by atoms with Crippen molar-refractivity contribution in [3.63, 3.8) is 0 Å². The highest BCUT2D eigenvalue weighted by Gasteiger charge is 2.44. The molecule has 0 bridgehead atoms. The lowest BCUT2D eigenvalue weighted by molar-refractivity contribution is -0.141. The van der Waals surface area contributed by atoms with Crippen LogP contribution in [0.4, 0.5) is 10.1 Å². The second kappa shape index (κ2) is 14.7. The first-order valence-corrected chi connectivity index (χ1v) is 16.5. The van der Waals surface area contributed by atoms with Crippen molar-refractivity contribution in [3.05, 3.63) is 65.9 Å². The van der Waals surface area contributed by atoms with E-state index >= 15 is 0 Å². The Morgan fingerprint density at radius 1 is 1.00 bits per heavy atom. The molecule has 2 saturated heterocycles. The zero-order valence-electron chi connectivity index (χ0n) is 26.2. The first kappa shape index (κ1) is 32.2. The number of alkyl halides is 1. The van der Waals surface area contributed by atoms with Crippen LogP contribution < -0.4 is 11.1 Å². The van der Waals surface area contributed by atoms with Crippen LogP contribution in [0.25, 0.3) is 10.9 Å². The summed E-state index contributed by atoms with van der Waals surface area (Å²) in [6, 6.07) is 15.9. The molecule has 11 heteroatoms. The largest absolute Gasteiger partial charge is 0.460 e. The Labute approximate surface area is 268 Å². The minimum atomic E-state index is -0.667. The summed E-state index contributed by atoms with van der Waals surface area (Å²) >= 11 is 0. The highest BCUT2D eigenvalue weighted by Crippen LogP contribution is 2.38. The van der Waals surface area contributed by atoms with Gasteiger partial charge in [0.15, 0.2) is 0 Å². The van der Waals surface area contributed by atoms with Crippen LogP contribution >= 0.6 is 0 Å². The standard InChI is InChI=1S/C35H44FN5O5/c36-22-29(37)24-6-8-25(9-7-24)34(43)41-13-12-28(23-4-2-1-3-5-23)32(41)33(42)38-27-10-11-30-26(20-27)21-31(39-30)35(44)46-19-16-40-14-17-45-18-15-40/h1-5,10-11,20-21,24-25,28-29,32,39H,6-9,12-19,22,37H2,(H,38,42)/t24?,25?,28-,29-,32+/m1/s1. The average molecular weight is 634 g/mol. The van der Waals surface area contributed by atoms with Crippen molar-refractivity contribution in [2.24, 2.45) is 17.6 Å². The number of hydrogen-bond donors (Lipinski definition) is 3. The van der Waals surface area contributed by atoms with Crippen molar-refractivity contribution in [1.82, 2.24) is 14.8 Å². The van der Waals surface area contributed by atoms with Crippen molar-refractivity contribution >= 4 is 34.4 Å². The molecule has 2 amide bonds. The van der Waals surface area contributed by atoms with Gasteiger partial charge in [-0.1, -0.05) is 30.3 Å². The maximum atomic E-state index is 14.0. The predicted molar refractivity (Wildman–Crippen MR) is 173 cm³/mol. The molecule has 10 nitrogen and oxygen atoms in total. The number of H-pyrrole nitrogens is 1. The summed E-state index contributed by atoms with van der Waals surface area (Å²) < 4.78 is 24.0. The minimum Gasteiger partial charge on any atom is -0.460 e. The van der Waals surface area contributed by atoms with Gasteiger partial charge in [-0.25, -0.2) is 9.18 Å². The molecule has 3 fully saturated rings. The first-order chi connectivity index (χ1) is 22.4. The Hall–Kier alpha value is -3.80. The van der Waals surface area contributed by atoms with Gasteiger partial charge in [0.1, 0.15) is 25.0 Å². The molecule has 3 aliphatic rings. The summed E-state index contributed by atoms with van der Waals surface area (Å²) in [6.45, 7) is 3.93. The Bertz CT molecular complexity index is 1500. The quantitative estimate of drug-likeness (QED) is 0.287. The summed E-state index contributed by atoms with van der Waals surface area (Å²) in [5.41, 5.74) is 8.65. The lowest BCUT2D eigenvalue weighted by Crippen LogP contribution is -2.48. The number of amides is 2. The van der Waals surface area contributed by atoms with Gasteiger partial charge in [-0.15, -0.1) is 0 Å². The molecule has 1 aromatic heterocycles. The van der Waals surface area contributed by atoms with Crippen molar-refractivity contribution in [2.45, 2.75) is 50.1 Å². The van der Waals surface area contributed by atoms with Crippen LogP contribution in [0.3, 0.4) is 0 Å². The van der Waals surface area contributed by atoms with Gasteiger partial charge in [0.25, 0.3) is 0 Å². The van der Waals surface area contributed by atoms with E-state index in [4.69, 9.17) is 15.2 Å². The van der Waals surface area contributed by atoms with Crippen molar-refractivity contribution in [1.29, 1.82) is 0 Å². The molecule has 1 aliphatic carbocycles. The van der Waals surface area contributed by atoms with E-state index in [1.807, 2.05) is 42.5 Å². The number of benzene rings is 2. The van der Waals surface area contributed by atoms with Crippen molar-refractivity contribution < 1.29 is 28.2 Å². The Morgan fingerprint density at radius 3 is 2.50 bits per heavy atom. The van der Waals surface area contributed by atoms with Gasteiger partial charge in [0, 0.05) is 60.6 Å². The summed E-state index contributed by atoms with van der Waals surface area (Å²) in [6.07, 6.45) is 3.42. The number of nitrogens with one attached hydrogen (secondary N) is 2. The lowest BCUT2D eigenvalue weighted by atomic mass is 9.78. The molecule has 2 aromatic carbocycles. The monoisotopic (exact) mass is 633 g/mol. The van der Waals surface area contributed by atoms with Crippen LogP contribution in [-0.2, 0) is 19.1 Å². The summed E-state index contributed by atoms with van der Waals surface area (Å²) in [7, 11) is 0. The SMILES string of the molecule is N[C@H](CF)C1CCC(C(=O)N2CC[C@H](c3ccccc3)[C@H]2C(=O)Nc2ccc3[nH]c(C(=O)OCCN4CCOCC4)cc3c2)CC1. The molecule has 2 aliphatic heterocycles. The van der Waals surface area contributed by atoms with E-state index < -0.39 is 24.7 Å². The zero-order chi connectivity index (χ0) is 32.0. The summed E-state index contributed by atoms with van der Waals surface area (Å²) in [4.78, 5) is 47.7. The Balaban J connectivity index is 1.13. The van der Waals surface area contributed by atoms with Gasteiger partial charge in [-0.3, -0.25) is 14.5 Å². The number of halogens is 1. The topological polar surface area (TPSA) is 130 Å². The molecular weight excluding hydrogens is 589 g/mol. The third-order valence-corrected chi connectivity index (χ3v) is 9.93. The van der Waals surface area contributed by atoms with E-state index in [2.05, 4.69) is 15.2 Å². The van der Waals surface area contributed by atoms with Crippen LogP contribution in [0.5, 0.6) is 0 Å². The number of anilines is 1. The van der Waals surface area contributed by atoms with E-state index in [1.54, 1.807) is 17.0 Å². The molecular formula is C35H44FN5O5. The number of nitrogens with two attached hydrogens (primary N) is 1. The van der Waals surface area contributed by atoms with E-state index in [1.165, 1.54) is 0 Å². The normalized spacial score (nSPS) is 24.5. The Morgan fingerprint density at radius 2 is 1.76 bits per heavy atom. The first-order valence-electron chi connectivity index (χ1n) is 16.5. The number of rotatable bonds is 10. The van der Waals surface area contributed by atoms with Crippen LogP contribution in [0.1, 0.15) is 54.1 Å². The molecule has 3 heterocycles. The van der Waals surface area contributed by atoms with Crippen molar-refractivity contribution in [3.8, 4) is 0 Å². The number of carbonyl (C=O) groups excluding carboxylic acids is 3. The number of likely N-dealkylation sites (tertiary alicyclic amines) is 1. The number of esters is 1. The van der Waals surface area contributed by atoms with E-state index in [9.17, 15) is 18.8 Å². The summed E-state index contributed by atoms with van der Waals surface area (Å²) in [5.74, 6) is -0.937. The third kappa shape index (κ3) is 7.27. The predicted octanol–water partition coefficient (Wildman–Crippen LogP) is 4.08. The van der Waals surface area contributed by atoms with Crippen LogP contribution in [-0.4, -0.2) is 97.3 Å². The zero-order valence-corrected chi connectivity index (χ0v) is 26.2. The average Bonchev–Trinajstić information content (AvgIpc) is 3.74. The number of nitrogens with zero attached hydrogens (tertiary/aromatic N) is 2. The lowest BCUT2D eigenvalue weighted by Gasteiger charge is -2.35. The maximum Gasteiger partial charge on any atom is 0.354 e. The summed E-state index contributed by atoms with van der Waals surface area (Å²) in [5, 5.41) is 3.83. The fourth-order valence-electron chi connectivity index (χ4n) is 7.27. The van der Waals surface area contributed by atoms with Gasteiger partial charge < -0.3 is 30.4 Å². The number of hydrogen-bond acceptors (Lipinski definition) is 7. The smallest absolute Gasteiger partial charge is 0.354 e. The highest BCUT2D eigenvalue weighted by atomic mass is 19.1. The highest BCUT2D eigenvalue weighted by molar-refractivity contribution is 6.01. The molecule has 6 rings (SSSR count). The minimum absolute atomic E-state index is 0.0105. The molecule has 246 valence electrons. The molecule has 3 aromatic rings. The fourth-order valence-corrected chi connectivity index (χ4v) is 7.27. The fraction of sp³-hybridized carbons (Fsp3) is 0.514. The second-order valence-corrected chi connectivity index (χ2v) is 12.8. The van der Waals surface area contributed by atoms with Gasteiger partial charge in [-0.05, 0) is 67.9 Å². The molecule has 3 atom stereocenters. The molecule has 4 N–H and O–H groups in total. The number of aromatic amines is 1. The number of fused-ring (bicyclic) bond motifs is 1. The number of carbonyl (C=O) groups is 3. The van der Waals surface area contributed by atoms with E-state index in [0.717, 1.165) is 29.6 Å². The number of morpholine rings is 1. The second-order valence-electron chi connectivity index (χ2n) is 12.8. The molecule has 0 radical (unpaired) electrons. The van der Waals surface area contributed by atoms with Crippen LogP contribution in [0, 0.1) is 11.8 Å². The van der Waals surface area contributed by atoms with Crippen LogP contribution in [0.15, 0.2) is 54.6 Å². The van der Waals surface area contributed by atoms with Gasteiger partial charge in [-0.2, -0.15) is 0 Å².